The van der Waals surface area contributed by atoms with Gasteiger partial charge in [0, 0.05) is 12.5 Å². The molecule has 0 unspecified atom stereocenters. The maximum atomic E-state index is 10.2. The number of hydrogen-bond acceptors (Lipinski definition) is 3. The first-order chi connectivity index (χ1) is 6.70. The zero-order chi connectivity index (χ0) is 10.4. The molecule has 14 heavy (non-hydrogen) atoms. The predicted molar refractivity (Wildman–Crippen MR) is 53.1 cm³/mol. The third-order valence-electron chi connectivity index (χ3n) is 2.70. The van der Waals surface area contributed by atoms with Crippen molar-refractivity contribution in [2.24, 2.45) is 0 Å². The highest BCUT2D eigenvalue weighted by Crippen LogP contribution is 2.18. The van der Waals surface area contributed by atoms with Crippen molar-refractivity contribution in [3.05, 3.63) is 0 Å². The Hall–Kier alpha value is -0.610. The second-order valence-electron chi connectivity index (χ2n) is 3.91. The Bertz CT molecular complexity index is 184. The molecule has 1 saturated carbocycles. The molecule has 1 fully saturated rings. The smallest absolute Gasteiger partial charge is 0.303 e. The maximum Gasteiger partial charge on any atom is 0.303 e. The van der Waals surface area contributed by atoms with E-state index >= 15 is 0 Å². The minimum absolute atomic E-state index is 0.178. The van der Waals surface area contributed by atoms with Crippen LogP contribution in [0.2, 0.25) is 0 Å². The molecule has 1 rings (SSSR count). The lowest BCUT2D eigenvalue weighted by Gasteiger charge is -2.28. The van der Waals surface area contributed by atoms with E-state index in [0.717, 1.165) is 25.7 Å². The highest BCUT2D eigenvalue weighted by Gasteiger charge is 2.21. The fraction of sp³-hybridized carbons (Fsp3) is 0.900. The van der Waals surface area contributed by atoms with Gasteiger partial charge in [0.05, 0.1) is 6.10 Å². The number of rotatable bonds is 5. The molecular formula is C10H19NO3. The summed E-state index contributed by atoms with van der Waals surface area (Å²) < 4.78 is 0. The second kappa shape index (κ2) is 5.98. The first-order valence-electron chi connectivity index (χ1n) is 5.33. The third kappa shape index (κ3) is 4.07. The van der Waals surface area contributed by atoms with Crippen LogP contribution in [0.4, 0.5) is 0 Å². The summed E-state index contributed by atoms with van der Waals surface area (Å²) in [6.45, 7) is 0.689. The number of aliphatic carboxylic acids is 1. The Balaban J connectivity index is 2.07. The molecule has 0 spiro atoms. The van der Waals surface area contributed by atoms with Crippen LogP contribution in [0.1, 0.15) is 38.5 Å². The number of aliphatic hydroxyl groups is 1. The molecule has 0 bridgehead atoms. The molecule has 0 amide bonds. The maximum absolute atomic E-state index is 10.2. The minimum atomic E-state index is -0.754. The quantitative estimate of drug-likeness (QED) is 0.574. The van der Waals surface area contributed by atoms with Gasteiger partial charge in [0.2, 0.25) is 0 Å². The fourth-order valence-electron chi connectivity index (χ4n) is 1.88. The molecule has 0 saturated heterocycles. The summed E-state index contributed by atoms with van der Waals surface area (Å²) in [4.78, 5) is 10.2. The molecule has 0 radical (unpaired) electrons. The summed E-state index contributed by atoms with van der Waals surface area (Å²) in [5, 5.41) is 21.2. The number of carbonyl (C=O) groups is 1. The van der Waals surface area contributed by atoms with Crippen LogP contribution in [-0.4, -0.2) is 34.9 Å². The molecule has 4 nitrogen and oxygen atoms in total. The predicted octanol–water partition coefficient (Wildman–Crippen LogP) is 0.744. The molecule has 1 aliphatic carbocycles. The van der Waals surface area contributed by atoms with Gasteiger partial charge < -0.3 is 15.5 Å². The molecule has 0 aromatic rings. The Morgan fingerprint density at radius 1 is 1.36 bits per heavy atom. The third-order valence-corrected chi connectivity index (χ3v) is 2.70. The van der Waals surface area contributed by atoms with E-state index in [9.17, 15) is 9.90 Å². The number of nitrogens with one attached hydrogen (secondary N) is 1. The molecule has 1 aliphatic rings. The van der Waals surface area contributed by atoms with Gasteiger partial charge in [0.15, 0.2) is 0 Å². The number of carboxylic acids is 1. The monoisotopic (exact) mass is 201 g/mol. The highest BCUT2D eigenvalue weighted by atomic mass is 16.4. The first-order valence-corrected chi connectivity index (χ1v) is 5.33. The SMILES string of the molecule is O=C(O)CCCN[C@H]1CCCC[C@H]1O. The second-order valence-corrected chi connectivity index (χ2v) is 3.91. The van der Waals surface area contributed by atoms with Gasteiger partial charge in [-0.25, -0.2) is 0 Å². The van der Waals surface area contributed by atoms with Gasteiger partial charge in [0.25, 0.3) is 0 Å². The standard InChI is InChI=1S/C10H19NO3/c12-9-5-2-1-4-8(9)11-7-3-6-10(13)14/h8-9,11-12H,1-7H2,(H,13,14)/t8-,9+/m0/s1. The highest BCUT2D eigenvalue weighted by molar-refractivity contribution is 5.66. The largest absolute Gasteiger partial charge is 0.481 e. The van der Waals surface area contributed by atoms with Gasteiger partial charge in [0.1, 0.15) is 0 Å². The lowest BCUT2D eigenvalue weighted by atomic mass is 9.92. The van der Waals surface area contributed by atoms with Gasteiger partial charge >= 0.3 is 5.97 Å². The Labute approximate surface area is 84.3 Å². The zero-order valence-electron chi connectivity index (χ0n) is 8.41. The molecule has 3 N–H and O–H groups in total. The average molecular weight is 201 g/mol. The van der Waals surface area contributed by atoms with E-state index in [1.165, 1.54) is 0 Å². The van der Waals surface area contributed by atoms with Crippen LogP contribution in [0, 0.1) is 0 Å². The normalized spacial score (nSPS) is 27.5. The van der Waals surface area contributed by atoms with Crippen LogP contribution >= 0.6 is 0 Å². The number of hydrogen-bond donors (Lipinski definition) is 3. The van der Waals surface area contributed by atoms with Gasteiger partial charge in [-0.05, 0) is 25.8 Å². The summed E-state index contributed by atoms with van der Waals surface area (Å²) in [5.74, 6) is -0.754. The van der Waals surface area contributed by atoms with Gasteiger partial charge in [-0.15, -0.1) is 0 Å². The minimum Gasteiger partial charge on any atom is -0.481 e. The van der Waals surface area contributed by atoms with Crippen molar-refractivity contribution in [1.82, 2.24) is 5.32 Å². The number of aliphatic hydroxyl groups excluding tert-OH is 1. The summed E-state index contributed by atoms with van der Waals surface area (Å²) in [6, 6.07) is 0.178. The molecule has 0 heterocycles. The molecule has 0 aromatic heterocycles. The summed E-state index contributed by atoms with van der Waals surface area (Å²) in [5.41, 5.74) is 0. The summed E-state index contributed by atoms with van der Waals surface area (Å²) in [6.07, 6.45) is 4.75. The molecule has 82 valence electrons. The van der Waals surface area contributed by atoms with Gasteiger partial charge in [-0.2, -0.15) is 0 Å². The van der Waals surface area contributed by atoms with E-state index in [-0.39, 0.29) is 18.6 Å². The summed E-state index contributed by atoms with van der Waals surface area (Å²) >= 11 is 0. The van der Waals surface area contributed by atoms with Gasteiger partial charge in [-0.1, -0.05) is 12.8 Å². The fourth-order valence-corrected chi connectivity index (χ4v) is 1.88. The zero-order valence-corrected chi connectivity index (χ0v) is 8.41. The van der Waals surface area contributed by atoms with Crippen LogP contribution < -0.4 is 5.32 Å². The topological polar surface area (TPSA) is 69.6 Å². The van der Waals surface area contributed by atoms with E-state index in [4.69, 9.17) is 5.11 Å². The number of carboxylic acid groups (broad SMARTS) is 1. The summed E-state index contributed by atoms with van der Waals surface area (Å²) in [7, 11) is 0. The first kappa shape index (κ1) is 11.5. The van der Waals surface area contributed by atoms with Crippen molar-refractivity contribution in [3.63, 3.8) is 0 Å². The van der Waals surface area contributed by atoms with Crippen LogP contribution in [0.3, 0.4) is 0 Å². The lowest BCUT2D eigenvalue weighted by Crippen LogP contribution is -2.42. The van der Waals surface area contributed by atoms with E-state index in [2.05, 4.69) is 5.32 Å². The van der Waals surface area contributed by atoms with Crippen LogP contribution in [0.15, 0.2) is 0 Å². The molecular weight excluding hydrogens is 182 g/mol. The molecule has 2 atom stereocenters. The van der Waals surface area contributed by atoms with Gasteiger partial charge in [-0.3, -0.25) is 4.79 Å². The molecule has 4 heteroatoms. The van der Waals surface area contributed by atoms with Crippen LogP contribution in [0.5, 0.6) is 0 Å². The molecule has 0 aromatic carbocycles. The van der Waals surface area contributed by atoms with Crippen molar-refractivity contribution in [3.8, 4) is 0 Å². The average Bonchev–Trinajstić information content (AvgIpc) is 2.15. The van der Waals surface area contributed by atoms with E-state index in [1.807, 2.05) is 0 Å². The molecule has 0 aliphatic heterocycles. The Kier molecular flexibility index (Phi) is 4.90. The van der Waals surface area contributed by atoms with E-state index in [0.29, 0.717) is 13.0 Å². The van der Waals surface area contributed by atoms with E-state index in [1.54, 1.807) is 0 Å². The van der Waals surface area contributed by atoms with Crippen molar-refractivity contribution < 1.29 is 15.0 Å². The van der Waals surface area contributed by atoms with Crippen molar-refractivity contribution >= 4 is 5.97 Å². The Morgan fingerprint density at radius 2 is 2.07 bits per heavy atom. The van der Waals surface area contributed by atoms with Crippen molar-refractivity contribution in [2.45, 2.75) is 50.7 Å². The van der Waals surface area contributed by atoms with Crippen LogP contribution in [-0.2, 0) is 4.79 Å². The van der Waals surface area contributed by atoms with Crippen LogP contribution in [0.25, 0.3) is 0 Å². The van der Waals surface area contributed by atoms with Crippen molar-refractivity contribution in [2.75, 3.05) is 6.54 Å². The van der Waals surface area contributed by atoms with Crippen molar-refractivity contribution in [1.29, 1.82) is 0 Å². The Morgan fingerprint density at radius 3 is 2.71 bits per heavy atom. The van der Waals surface area contributed by atoms with E-state index < -0.39 is 5.97 Å². The lowest BCUT2D eigenvalue weighted by molar-refractivity contribution is -0.137.